The van der Waals surface area contributed by atoms with Gasteiger partial charge in [-0.05, 0) is 47.5 Å². The summed E-state index contributed by atoms with van der Waals surface area (Å²) in [6, 6.07) is 26.4. The van der Waals surface area contributed by atoms with Gasteiger partial charge in [0, 0.05) is 48.5 Å². The summed E-state index contributed by atoms with van der Waals surface area (Å²) >= 11 is 12.1. The van der Waals surface area contributed by atoms with Crippen LogP contribution in [0, 0.1) is 0 Å². The molecule has 3 aromatic carbocycles. The second-order valence-corrected chi connectivity index (χ2v) is 9.00. The van der Waals surface area contributed by atoms with Crippen LogP contribution < -0.4 is 4.90 Å². The van der Waals surface area contributed by atoms with E-state index in [1.165, 1.54) is 5.69 Å². The summed E-state index contributed by atoms with van der Waals surface area (Å²) in [5, 5.41) is 16.3. The zero-order chi connectivity index (χ0) is 25.9. The van der Waals surface area contributed by atoms with Crippen LogP contribution in [0.2, 0.25) is 10.0 Å². The SMILES string of the molecule is Clc1ccc(C(OCCN2CCN(c3ccc(Cl)cc3)CC2)c2ccccc2)cc1.O=C(O)C(=O)O. The van der Waals surface area contributed by atoms with Crippen molar-refractivity contribution in [1.82, 2.24) is 4.90 Å². The Hall–Kier alpha value is -3.10. The average Bonchev–Trinajstić information content (AvgIpc) is 2.89. The Balaban J connectivity index is 0.000000538. The van der Waals surface area contributed by atoms with Gasteiger partial charge in [0.25, 0.3) is 0 Å². The van der Waals surface area contributed by atoms with Gasteiger partial charge in [-0.3, -0.25) is 4.90 Å². The second kappa shape index (κ2) is 13.8. The van der Waals surface area contributed by atoms with E-state index < -0.39 is 11.9 Å². The molecule has 1 unspecified atom stereocenters. The number of hydrogen-bond donors (Lipinski definition) is 2. The molecule has 9 heteroatoms. The Bertz CT molecular complexity index is 1090. The molecule has 0 saturated carbocycles. The molecule has 0 spiro atoms. The lowest BCUT2D eigenvalue weighted by Crippen LogP contribution is -2.47. The number of carbonyl (C=O) groups is 2. The molecule has 0 radical (unpaired) electrons. The van der Waals surface area contributed by atoms with Crippen LogP contribution in [-0.2, 0) is 14.3 Å². The quantitative estimate of drug-likeness (QED) is 0.411. The monoisotopic (exact) mass is 530 g/mol. The second-order valence-electron chi connectivity index (χ2n) is 8.13. The highest BCUT2D eigenvalue weighted by molar-refractivity contribution is 6.30. The molecule has 3 aromatic rings. The molecule has 7 nitrogen and oxygen atoms in total. The number of carboxylic acid groups (broad SMARTS) is 2. The van der Waals surface area contributed by atoms with Crippen LogP contribution in [0.25, 0.3) is 0 Å². The van der Waals surface area contributed by atoms with Crippen molar-refractivity contribution in [3.63, 3.8) is 0 Å². The smallest absolute Gasteiger partial charge is 0.414 e. The number of aliphatic carboxylic acids is 2. The fourth-order valence-electron chi connectivity index (χ4n) is 3.83. The number of piperazine rings is 1. The summed E-state index contributed by atoms with van der Waals surface area (Å²) < 4.78 is 6.37. The minimum Gasteiger partial charge on any atom is -0.473 e. The maximum absolute atomic E-state index is 9.10. The fourth-order valence-corrected chi connectivity index (χ4v) is 4.08. The highest BCUT2D eigenvalue weighted by Gasteiger charge is 2.19. The van der Waals surface area contributed by atoms with E-state index in [2.05, 4.69) is 46.2 Å². The van der Waals surface area contributed by atoms with E-state index in [1.54, 1.807) is 0 Å². The number of carboxylic acids is 2. The molecule has 0 aliphatic carbocycles. The fraction of sp³-hybridized carbons (Fsp3) is 0.259. The molecule has 4 rings (SSSR count). The molecule has 36 heavy (non-hydrogen) atoms. The molecule has 0 bridgehead atoms. The zero-order valence-electron chi connectivity index (χ0n) is 19.6. The van der Waals surface area contributed by atoms with Crippen LogP contribution >= 0.6 is 23.2 Å². The molecular weight excluding hydrogens is 503 g/mol. The first-order valence-corrected chi connectivity index (χ1v) is 12.2. The van der Waals surface area contributed by atoms with Gasteiger partial charge in [0.15, 0.2) is 0 Å². The van der Waals surface area contributed by atoms with E-state index in [9.17, 15) is 0 Å². The molecule has 1 aliphatic heterocycles. The molecule has 0 aromatic heterocycles. The van der Waals surface area contributed by atoms with Crippen LogP contribution in [0.3, 0.4) is 0 Å². The van der Waals surface area contributed by atoms with Crippen molar-refractivity contribution < 1.29 is 24.5 Å². The van der Waals surface area contributed by atoms with E-state index in [1.807, 2.05) is 42.5 Å². The molecule has 0 amide bonds. The number of halogens is 2. The van der Waals surface area contributed by atoms with Gasteiger partial charge < -0.3 is 19.8 Å². The van der Waals surface area contributed by atoms with E-state index in [-0.39, 0.29) is 6.10 Å². The van der Waals surface area contributed by atoms with Crippen molar-refractivity contribution in [3.8, 4) is 0 Å². The van der Waals surface area contributed by atoms with E-state index in [4.69, 9.17) is 47.7 Å². The number of hydrogen-bond acceptors (Lipinski definition) is 5. The zero-order valence-corrected chi connectivity index (χ0v) is 21.1. The first-order valence-electron chi connectivity index (χ1n) is 11.4. The van der Waals surface area contributed by atoms with Crippen LogP contribution in [0.15, 0.2) is 78.9 Å². The Labute approximate surface area is 220 Å². The molecule has 1 fully saturated rings. The van der Waals surface area contributed by atoms with Gasteiger partial charge in [-0.25, -0.2) is 9.59 Å². The first kappa shape index (κ1) is 27.5. The normalized spacial score (nSPS) is 14.4. The minimum absolute atomic E-state index is 0.0844. The van der Waals surface area contributed by atoms with Crippen LogP contribution in [0.4, 0.5) is 5.69 Å². The lowest BCUT2D eigenvalue weighted by atomic mass is 10.0. The lowest BCUT2D eigenvalue weighted by Gasteiger charge is -2.36. The highest BCUT2D eigenvalue weighted by Crippen LogP contribution is 2.27. The van der Waals surface area contributed by atoms with Gasteiger partial charge in [0.05, 0.1) is 6.61 Å². The predicted octanol–water partition coefficient (Wildman–Crippen LogP) is 5.08. The summed E-state index contributed by atoms with van der Waals surface area (Å²) in [7, 11) is 0. The summed E-state index contributed by atoms with van der Waals surface area (Å²) in [6.45, 7) is 5.70. The van der Waals surface area contributed by atoms with Gasteiger partial charge in [0.1, 0.15) is 6.10 Å². The molecule has 1 heterocycles. The van der Waals surface area contributed by atoms with Crippen molar-refractivity contribution in [1.29, 1.82) is 0 Å². The minimum atomic E-state index is -1.82. The molecule has 2 N–H and O–H groups in total. The third kappa shape index (κ3) is 8.53. The standard InChI is InChI=1S/C25H26Cl2N2O.C2H2O4/c26-22-8-6-21(7-9-22)25(20-4-2-1-3-5-20)30-19-18-28-14-16-29(17-15-28)24-12-10-23(27)11-13-24;3-1(4)2(5)6/h1-13,25H,14-19H2;(H,3,4)(H,5,6). The van der Waals surface area contributed by atoms with Gasteiger partial charge in [0.2, 0.25) is 0 Å². The predicted molar refractivity (Wildman–Crippen MR) is 141 cm³/mol. The summed E-state index contributed by atoms with van der Waals surface area (Å²) in [5.41, 5.74) is 3.52. The van der Waals surface area contributed by atoms with E-state index in [0.717, 1.165) is 53.9 Å². The third-order valence-corrected chi connectivity index (χ3v) is 6.22. The number of ether oxygens (including phenoxy) is 1. The van der Waals surface area contributed by atoms with Crippen molar-refractivity contribution in [3.05, 3.63) is 100 Å². The van der Waals surface area contributed by atoms with Gasteiger partial charge >= 0.3 is 11.9 Å². The maximum atomic E-state index is 9.10. The molecule has 1 aliphatic rings. The summed E-state index contributed by atoms with van der Waals surface area (Å²) in [5.74, 6) is -3.65. The van der Waals surface area contributed by atoms with Crippen LogP contribution in [-0.4, -0.2) is 66.4 Å². The third-order valence-electron chi connectivity index (χ3n) is 5.71. The molecule has 1 saturated heterocycles. The number of anilines is 1. The number of nitrogens with zero attached hydrogens (tertiary/aromatic N) is 2. The largest absolute Gasteiger partial charge is 0.473 e. The van der Waals surface area contributed by atoms with Gasteiger partial charge in [-0.2, -0.15) is 0 Å². The van der Waals surface area contributed by atoms with Crippen molar-refractivity contribution in [2.75, 3.05) is 44.2 Å². The summed E-state index contributed by atoms with van der Waals surface area (Å²) in [6.07, 6.45) is -0.0844. The Kier molecular flexibility index (Phi) is 10.6. The summed E-state index contributed by atoms with van der Waals surface area (Å²) in [4.78, 5) is 23.1. The average molecular weight is 531 g/mol. The van der Waals surface area contributed by atoms with E-state index in [0.29, 0.717) is 6.61 Å². The maximum Gasteiger partial charge on any atom is 0.414 e. The molecular formula is C27H28Cl2N2O5. The van der Waals surface area contributed by atoms with Crippen LogP contribution in [0.5, 0.6) is 0 Å². The lowest BCUT2D eigenvalue weighted by molar-refractivity contribution is -0.159. The van der Waals surface area contributed by atoms with Gasteiger partial charge in [-0.15, -0.1) is 0 Å². The Morgan fingerprint density at radius 1 is 0.750 bits per heavy atom. The first-order chi connectivity index (χ1) is 17.3. The van der Waals surface area contributed by atoms with Crippen molar-refractivity contribution in [2.45, 2.75) is 6.10 Å². The van der Waals surface area contributed by atoms with Crippen molar-refractivity contribution in [2.24, 2.45) is 0 Å². The van der Waals surface area contributed by atoms with Crippen LogP contribution in [0.1, 0.15) is 17.2 Å². The number of benzene rings is 3. The molecule has 190 valence electrons. The van der Waals surface area contributed by atoms with E-state index >= 15 is 0 Å². The highest BCUT2D eigenvalue weighted by atomic mass is 35.5. The molecule has 1 atom stereocenters. The topological polar surface area (TPSA) is 90.3 Å². The number of rotatable bonds is 7. The van der Waals surface area contributed by atoms with Crippen molar-refractivity contribution >= 4 is 40.8 Å². The Morgan fingerprint density at radius 3 is 1.78 bits per heavy atom. The Morgan fingerprint density at radius 2 is 1.25 bits per heavy atom. The van der Waals surface area contributed by atoms with Gasteiger partial charge in [-0.1, -0.05) is 65.7 Å².